The number of aliphatic carboxylic acids is 1. The van der Waals surface area contributed by atoms with Gasteiger partial charge in [0.05, 0.1) is 24.2 Å². The van der Waals surface area contributed by atoms with Crippen molar-refractivity contribution in [2.24, 2.45) is 0 Å². The number of halogens is 1. The van der Waals surface area contributed by atoms with E-state index in [0.29, 0.717) is 16.8 Å². The first-order valence-corrected chi connectivity index (χ1v) is 7.61. The largest absolute Gasteiger partial charge is 0.481 e. The average Bonchev–Trinajstić information content (AvgIpc) is 2.88. The second-order valence-electron chi connectivity index (χ2n) is 5.86. The summed E-state index contributed by atoms with van der Waals surface area (Å²) < 4.78 is 14.8. The molecule has 0 bridgehead atoms. The van der Waals surface area contributed by atoms with Gasteiger partial charge in [0.25, 0.3) is 5.91 Å². The van der Waals surface area contributed by atoms with Crippen LogP contribution in [0.15, 0.2) is 30.5 Å². The Kier molecular flexibility index (Phi) is 5.33. The predicted molar refractivity (Wildman–Crippen MR) is 86.2 cm³/mol. The minimum absolute atomic E-state index is 0.110. The van der Waals surface area contributed by atoms with Crippen molar-refractivity contribution >= 4 is 11.9 Å². The van der Waals surface area contributed by atoms with Crippen molar-refractivity contribution < 1.29 is 19.1 Å². The zero-order valence-electron chi connectivity index (χ0n) is 13.8. The van der Waals surface area contributed by atoms with Crippen molar-refractivity contribution in [1.29, 1.82) is 0 Å². The van der Waals surface area contributed by atoms with Crippen LogP contribution in [0.3, 0.4) is 0 Å². The second-order valence-corrected chi connectivity index (χ2v) is 5.86. The zero-order chi connectivity index (χ0) is 17.9. The fourth-order valence-corrected chi connectivity index (χ4v) is 2.52. The fraction of sp³-hybridized carbons (Fsp3) is 0.353. The lowest BCUT2D eigenvalue weighted by molar-refractivity contribution is -0.137. The highest BCUT2D eigenvalue weighted by Crippen LogP contribution is 2.20. The van der Waals surface area contributed by atoms with Gasteiger partial charge in [-0.25, -0.2) is 4.39 Å². The number of hydrogen-bond acceptors (Lipinski definition) is 3. The molecule has 0 aliphatic heterocycles. The van der Waals surface area contributed by atoms with Gasteiger partial charge in [0.1, 0.15) is 5.82 Å². The molecule has 24 heavy (non-hydrogen) atoms. The van der Waals surface area contributed by atoms with Crippen LogP contribution >= 0.6 is 0 Å². The average molecular weight is 333 g/mol. The monoisotopic (exact) mass is 333 g/mol. The van der Waals surface area contributed by atoms with E-state index in [2.05, 4.69) is 10.4 Å². The zero-order valence-corrected chi connectivity index (χ0v) is 13.8. The van der Waals surface area contributed by atoms with E-state index in [1.54, 1.807) is 11.6 Å². The van der Waals surface area contributed by atoms with Gasteiger partial charge < -0.3 is 10.4 Å². The van der Waals surface area contributed by atoms with Crippen LogP contribution in [-0.4, -0.2) is 26.8 Å². The molecule has 1 aromatic carbocycles. The number of benzene rings is 1. The van der Waals surface area contributed by atoms with Gasteiger partial charge in [0.2, 0.25) is 0 Å². The molecule has 0 radical (unpaired) electrons. The lowest BCUT2D eigenvalue weighted by atomic mass is 10.0. The Balaban J connectivity index is 2.24. The summed E-state index contributed by atoms with van der Waals surface area (Å²) in [5, 5.41) is 15.9. The van der Waals surface area contributed by atoms with E-state index in [1.807, 2.05) is 13.8 Å². The molecule has 2 rings (SSSR count). The Bertz CT molecular complexity index is 738. The summed E-state index contributed by atoms with van der Waals surface area (Å²) in [5.41, 5.74) is 1.62. The minimum atomic E-state index is -1.06. The summed E-state index contributed by atoms with van der Waals surface area (Å²) in [7, 11) is 0. The third-order valence-corrected chi connectivity index (χ3v) is 3.73. The maximum absolute atomic E-state index is 13.1. The van der Waals surface area contributed by atoms with E-state index < -0.39 is 23.7 Å². The van der Waals surface area contributed by atoms with Gasteiger partial charge in [0, 0.05) is 11.7 Å². The fourth-order valence-electron chi connectivity index (χ4n) is 2.52. The Morgan fingerprint density at radius 2 is 1.92 bits per heavy atom. The Hall–Kier alpha value is -2.70. The van der Waals surface area contributed by atoms with Gasteiger partial charge >= 0.3 is 5.97 Å². The molecule has 0 fully saturated rings. The lowest BCUT2D eigenvalue weighted by Gasteiger charge is -2.17. The molecule has 1 atom stereocenters. The summed E-state index contributed by atoms with van der Waals surface area (Å²) in [6.07, 6.45) is 1.17. The van der Waals surface area contributed by atoms with E-state index in [1.165, 1.54) is 30.5 Å². The summed E-state index contributed by atoms with van der Waals surface area (Å²) in [6.45, 7) is 5.69. The van der Waals surface area contributed by atoms with Crippen LogP contribution < -0.4 is 5.32 Å². The first-order chi connectivity index (χ1) is 11.3. The molecule has 6 nitrogen and oxygen atoms in total. The van der Waals surface area contributed by atoms with Crippen molar-refractivity contribution in [1.82, 2.24) is 15.1 Å². The number of nitrogens with one attached hydrogen (secondary N) is 1. The third kappa shape index (κ3) is 3.98. The van der Waals surface area contributed by atoms with Crippen LogP contribution in [0, 0.1) is 12.7 Å². The van der Waals surface area contributed by atoms with Crippen molar-refractivity contribution in [3.8, 4) is 0 Å². The second kappa shape index (κ2) is 7.25. The number of amides is 1. The Labute approximate surface area is 139 Å². The molecule has 7 heteroatoms. The Morgan fingerprint density at radius 3 is 2.42 bits per heavy atom. The molecule has 0 unspecified atom stereocenters. The van der Waals surface area contributed by atoms with Gasteiger partial charge in [-0.3, -0.25) is 14.3 Å². The molecule has 0 spiro atoms. The molecule has 1 amide bonds. The molecule has 2 aromatic rings. The van der Waals surface area contributed by atoms with Crippen LogP contribution in [0.1, 0.15) is 54.0 Å². The predicted octanol–water partition coefficient (Wildman–Crippen LogP) is 2.86. The first kappa shape index (κ1) is 17.7. The van der Waals surface area contributed by atoms with E-state index in [4.69, 9.17) is 5.11 Å². The quantitative estimate of drug-likeness (QED) is 0.851. The van der Waals surface area contributed by atoms with Crippen molar-refractivity contribution in [3.05, 3.63) is 53.1 Å². The SMILES string of the molecule is Cc1c(C(=O)N[C@H](CC(=O)O)c2ccc(F)cc2)cnn1C(C)C. The number of nitrogens with zero attached hydrogens (tertiary/aromatic N) is 2. The molecule has 1 heterocycles. The molecular weight excluding hydrogens is 313 g/mol. The maximum atomic E-state index is 13.1. The summed E-state index contributed by atoms with van der Waals surface area (Å²) in [4.78, 5) is 23.6. The highest BCUT2D eigenvalue weighted by molar-refractivity contribution is 5.95. The number of carbonyl (C=O) groups excluding carboxylic acids is 1. The first-order valence-electron chi connectivity index (χ1n) is 7.61. The molecule has 0 saturated heterocycles. The molecule has 0 aliphatic rings. The number of carboxylic acids is 1. The van der Waals surface area contributed by atoms with Crippen LogP contribution in [0.25, 0.3) is 0 Å². The number of aromatic nitrogens is 2. The molecule has 2 N–H and O–H groups in total. The normalized spacial score (nSPS) is 12.2. The standard InChI is InChI=1S/C17H20FN3O3/c1-10(2)21-11(3)14(9-19-21)17(24)20-15(8-16(22)23)12-4-6-13(18)7-5-12/h4-7,9-10,15H,8H2,1-3H3,(H,20,24)(H,22,23)/t15-/m1/s1. The van der Waals surface area contributed by atoms with E-state index >= 15 is 0 Å². The Morgan fingerprint density at radius 1 is 1.29 bits per heavy atom. The van der Waals surface area contributed by atoms with Crippen LogP contribution in [0.5, 0.6) is 0 Å². The van der Waals surface area contributed by atoms with Gasteiger partial charge in [-0.1, -0.05) is 12.1 Å². The highest BCUT2D eigenvalue weighted by Gasteiger charge is 2.22. The number of carbonyl (C=O) groups is 2. The van der Waals surface area contributed by atoms with E-state index in [9.17, 15) is 14.0 Å². The van der Waals surface area contributed by atoms with Crippen LogP contribution in [0.4, 0.5) is 4.39 Å². The molecule has 0 aliphatic carbocycles. The topological polar surface area (TPSA) is 84.2 Å². The number of rotatable bonds is 6. The number of hydrogen-bond donors (Lipinski definition) is 2. The minimum Gasteiger partial charge on any atom is -0.481 e. The summed E-state index contributed by atoms with van der Waals surface area (Å²) in [5.74, 6) is -1.89. The molecule has 1 aromatic heterocycles. The maximum Gasteiger partial charge on any atom is 0.305 e. The van der Waals surface area contributed by atoms with Crippen molar-refractivity contribution in [2.45, 2.75) is 39.3 Å². The molecule has 0 saturated carbocycles. The van der Waals surface area contributed by atoms with Crippen LogP contribution in [-0.2, 0) is 4.79 Å². The number of carboxylic acid groups (broad SMARTS) is 1. The summed E-state index contributed by atoms with van der Waals surface area (Å²) in [6, 6.07) is 4.76. The van der Waals surface area contributed by atoms with E-state index in [0.717, 1.165) is 0 Å². The van der Waals surface area contributed by atoms with Gasteiger partial charge in [-0.05, 0) is 38.5 Å². The summed E-state index contributed by atoms with van der Waals surface area (Å²) >= 11 is 0. The van der Waals surface area contributed by atoms with Crippen LogP contribution in [0.2, 0.25) is 0 Å². The third-order valence-electron chi connectivity index (χ3n) is 3.73. The lowest BCUT2D eigenvalue weighted by Crippen LogP contribution is -2.30. The van der Waals surface area contributed by atoms with Gasteiger partial charge in [0.15, 0.2) is 0 Å². The van der Waals surface area contributed by atoms with Crippen molar-refractivity contribution in [2.75, 3.05) is 0 Å². The van der Waals surface area contributed by atoms with Gasteiger partial charge in [-0.2, -0.15) is 5.10 Å². The molecular formula is C17H20FN3O3. The van der Waals surface area contributed by atoms with E-state index in [-0.39, 0.29) is 12.5 Å². The highest BCUT2D eigenvalue weighted by atomic mass is 19.1. The molecule has 128 valence electrons. The van der Waals surface area contributed by atoms with Crippen molar-refractivity contribution in [3.63, 3.8) is 0 Å². The smallest absolute Gasteiger partial charge is 0.305 e. The van der Waals surface area contributed by atoms with Gasteiger partial charge in [-0.15, -0.1) is 0 Å².